The number of aliphatic hydroxyl groups is 1. The summed E-state index contributed by atoms with van der Waals surface area (Å²) in [6.07, 6.45) is 7.00. The van der Waals surface area contributed by atoms with E-state index in [0.29, 0.717) is 6.61 Å². The number of β-amino-alcohol motifs (C(OH)–C–C–N with tert-alkyl or cyclic N) is 1. The number of nitrogens with one attached hydrogen (secondary N) is 1. The van der Waals surface area contributed by atoms with Gasteiger partial charge in [0.05, 0.1) is 6.61 Å². The Kier molecular flexibility index (Phi) is 7.28. The van der Waals surface area contributed by atoms with Gasteiger partial charge >= 0.3 is 0 Å². The van der Waals surface area contributed by atoms with Crippen molar-refractivity contribution in [1.29, 1.82) is 0 Å². The summed E-state index contributed by atoms with van der Waals surface area (Å²) in [5, 5.41) is 12.7. The van der Waals surface area contributed by atoms with Crippen LogP contribution in [-0.2, 0) is 0 Å². The lowest BCUT2D eigenvalue weighted by Crippen LogP contribution is -2.50. The Balaban J connectivity index is 1.78. The molecule has 2 N–H and O–H groups in total. The summed E-state index contributed by atoms with van der Waals surface area (Å²) in [4.78, 5) is 5.03. The summed E-state index contributed by atoms with van der Waals surface area (Å²) in [5.41, 5.74) is 0. The van der Waals surface area contributed by atoms with Gasteiger partial charge in [-0.1, -0.05) is 26.2 Å². The molecule has 0 spiro atoms. The van der Waals surface area contributed by atoms with E-state index in [1.165, 1.54) is 51.7 Å². The highest BCUT2D eigenvalue weighted by atomic mass is 16.3. The molecule has 1 aliphatic carbocycles. The maximum Gasteiger partial charge on any atom is 0.0558 e. The Morgan fingerprint density at radius 2 is 1.70 bits per heavy atom. The zero-order valence-corrected chi connectivity index (χ0v) is 13.2. The largest absolute Gasteiger partial charge is 0.395 e. The van der Waals surface area contributed by atoms with Crippen molar-refractivity contribution in [2.75, 3.05) is 52.4 Å². The molecule has 1 aliphatic heterocycles. The van der Waals surface area contributed by atoms with Gasteiger partial charge in [-0.05, 0) is 25.3 Å². The van der Waals surface area contributed by atoms with Crippen molar-refractivity contribution >= 4 is 0 Å². The first-order valence-corrected chi connectivity index (χ1v) is 8.62. The molecule has 0 aromatic rings. The SMILES string of the molecule is CCNC1CCCCCC1CN1CCN(CCO)CC1. The zero-order valence-electron chi connectivity index (χ0n) is 13.2. The highest BCUT2D eigenvalue weighted by Crippen LogP contribution is 2.24. The normalized spacial score (nSPS) is 30.3. The maximum absolute atomic E-state index is 9.01. The molecule has 1 heterocycles. The average molecular weight is 283 g/mol. The highest BCUT2D eigenvalue weighted by Gasteiger charge is 2.26. The molecule has 2 rings (SSSR count). The molecule has 20 heavy (non-hydrogen) atoms. The number of nitrogens with zero attached hydrogens (tertiary/aromatic N) is 2. The standard InChI is InChI=1S/C16H33N3O/c1-2-17-16-7-5-3-4-6-15(16)14-19-10-8-18(9-11-19)12-13-20/h15-17,20H,2-14H2,1H3. The molecule has 2 fully saturated rings. The van der Waals surface area contributed by atoms with Crippen LogP contribution in [0.2, 0.25) is 0 Å². The third-order valence-corrected chi connectivity index (χ3v) is 5.00. The molecule has 4 heteroatoms. The molecular formula is C16H33N3O. The van der Waals surface area contributed by atoms with Gasteiger partial charge in [-0.15, -0.1) is 0 Å². The number of aliphatic hydroxyl groups excluding tert-OH is 1. The second-order valence-corrected chi connectivity index (χ2v) is 6.43. The summed E-state index contributed by atoms with van der Waals surface area (Å²) in [5.74, 6) is 0.835. The number of hydrogen-bond acceptors (Lipinski definition) is 4. The Bertz CT molecular complexity index is 254. The van der Waals surface area contributed by atoms with Gasteiger partial charge < -0.3 is 15.3 Å². The molecule has 118 valence electrons. The van der Waals surface area contributed by atoms with E-state index < -0.39 is 0 Å². The van der Waals surface area contributed by atoms with E-state index in [1.54, 1.807) is 0 Å². The van der Waals surface area contributed by atoms with E-state index in [1.807, 2.05) is 0 Å². The predicted molar refractivity (Wildman–Crippen MR) is 84.0 cm³/mol. The molecule has 2 atom stereocenters. The van der Waals surface area contributed by atoms with E-state index in [4.69, 9.17) is 5.11 Å². The minimum absolute atomic E-state index is 0.297. The monoisotopic (exact) mass is 283 g/mol. The first-order chi connectivity index (χ1) is 9.83. The van der Waals surface area contributed by atoms with Crippen LogP contribution in [-0.4, -0.2) is 73.4 Å². The lowest BCUT2D eigenvalue weighted by atomic mass is 9.93. The Morgan fingerprint density at radius 1 is 1.00 bits per heavy atom. The van der Waals surface area contributed by atoms with E-state index in [9.17, 15) is 0 Å². The third kappa shape index (κ3) is 4.99. The van der Waals surface area contributed by atoms with Crippen LogP contribution in [0.4, 0.5) is 0 Å². The Morgan fingerprint density at radius 3 is 2.40 bits per heavy atom. The molecule has 0 aromatic carbocycles. The van der Waals surface area contributed by atoms with Crippen LogP contribution >= 0.6 is 0 Å². The van der Waals surface area contributed by atoms with Gasteiger partial charge in [0.2, 0.25) is 0 Å². The quantitative estimate of drug-likeness (QED) is 0.718. The van der Waals surface area contributed by atoms with Crippen molar-refractivity contribution in [2.24, 2.45) is 5.92 Å². The third-order valence-electron chi connectivity index (χ3n) is 5.00. The van der Waals surface area contributed by atoms with E-state index in [-0.39, 0.29) is 0 Å². The van der Waals surface area contributed by atoms with Crippen LogP contribution < -0.4 is 5.32 Å². The van der Waals surface area contributed by atoms with Gasteiger partial charge in [0.25, 0.3) is 0 Å². The van der Waals surface area contributed by atoms with Gasteiger partial charge in [-0.2, -0.15) is 0 Å². The molecule has 0 aromatic heterocycles. The Labute approximate surface area is 124 Å². The molecule has 2 unspecified atom stereocenters. The Hall–Kier alpha value is -0.160. The van der Waals surface area contributed by atoms with Crippen molar-refractivity contribution < 1.29 is 5.11 Å². The smallest absolute Gasteiger partial charge is 0.0558 e. The molecule has 2 aliphatic rings. The van der Waals surface area contributed by atoms with Crippen LogP contribution in [0, 0.1) is 5.92 Å². The van der Waals surface area contributed by atoms with Gasteiger partial charge in [0, 0.05) is 45.3 Å². The predicted octanol–water partition coefficient (Wildman–Crippen LogP) is 1.15. The first-order valence-electron chi connectivity index (χ1n) is 8.62. The fourth-order valence-electron chi connectivity index (χ4n) is 3.80. The van der Waals surface area contributed by atoms with Gasteiger partial charge in [0.15, 0.2) is 0 Å². The summed E-state index contributed by atoms with van der Waals surface area (Å²) in [7, 11) is 0. The molecular weight excluding hydrogens is 250 g/mol. The average Bonchev–Trinajstić information content (AvgIpc) is 2.68. The molecule has 1 saturated carbocycles. The summed E-state index contributed by atoms with van der Waals surface area (Å²) >= 11 is 0. The highest BCUT2D eigenvalue weighted by molar-refractivity contribution is 4.83. The van der Waals surface area contributed by atoms with Crippen LogP contribution in [0.3, 0.4) is 0 Å². The number of rotatable bonds is 6. The van der Waals surface area contributed by atoms with Crippen molar-refractivity contribution in [3.63, 3.8) is 0 Å². The van der Waals surface area contributed by atoms with Crippen molar-refractivity contribution in [3.05, 3.63) is 0 Å². The lowest BCUT2D eigenvalue weighted by molar-refractivity contribution is 0.0941. The molecule has 0 radical (unpaired) electrons. The first kappa shape index (κ1) is 16.2. The van der Waals surface area contributed by atoms with Crippen LogP contribution in [0.25, 0.3) is 0 Å². The maximum atomic E-state index is 9.01. The van der Waals surface area contributed by atoms with Gasteiger partial charge in [-0.3, -0.25) is 4.90 Å². The fraction of sp³-hybridized carbons (Fsp3) is 1.00. The van der Waals surface area contributed by atoms with Crippen LogP contribution in [0.1, 0.15) is 39.0 Å². The van der Waals surface area contributed by atoms with Crippen molar-refractivity contribution in [2.45, 2.75) is 45.1 Å². The van der Waals surface area contributed by atoms with E-state index in [2.05, 4.69) is 22.0 Å². The summed E-state index contributed by atoms with van der Waals surface area (Å²) in [6, 6.07) is 0.734. The van der Waals surface area contributed by atoms with E-state index >= 15 is 0 Å². The summed E-state index contributed by atoms with van der Waals surface area (Å²) in [6.45, 7) is 10.3. The van der Waals surface area contributed by atoms with Crippen LogP contribution in [0.5, 0.6) is 0 Å². The van der Waals surface area contributed by atoms with Crippen molar-refractivity contribution in [3.8, 4) is 0 Å². The summed E-state index contributed by atoms with van der Waals surface area (Å²) < 4.78 is 0. The minimum atomic E-state index is 0.297. The second-order valence-electron chi connectivity index (χ2n) is 6.43. The molecule has 1 saturated heterocycles. The van der Waals surface area contributed by atoms with E-state index in [0.717, 1.165) is 38.1 Å². The topological polar surface area (TPSA) is 38.7 Å². The number of hydrogen-bond donors (Lipinski definition) is 2. The number of piperazine rings is 1. The molecule has 0 bridgehead atoms. The van der Waals surface area contributed by atoms with Crippen molar-refractivity contribution in [1.82, 2.24) is 15.1 Å². The van der Waals surface area contributed by atoms with Gasteiger partial charge in [0.1, 0.15) is 0 Å². The molecule has 0 amide bonds. The fourth-order valence-corrected chi connectivity index (χ4v) is 3.80. The minimum Gasteiger partial charge on any atom is -0.395 e. The molecule has 4 nitrogen and oxygen atoms in total. The van der Waals surface area contributed by atoms with Gasteiger partial charge in [-0.25, -0.2) is 0 Å². The zero-order chi connectivity index (χ0) is 14.2. The van der Waals surface area contributed by atoms with Crippen LogP contribution in [0.15, 0.2) is 0 Å². The lowest BCUT2D eigenvalue weighted by Gasteiger charge is -2.38. The second kappa shape index (κ2) is 8.98.